The van der Waals surface area contributed by atoms with Gasteiger partial charge in [-0.15, -0.1) is 11.8 Å². The number of carbonyl (C=O) groups excluding carboxylic acids is 1. The molecule has 8 nitrogen and oxygen atoms in total. The maximum absolute atomic E-state index is 13.6. The molecule has 0 bridgehead atoms. The highest BCUT2D eigenvalue weighted by Crippen LogP contribution is 2.52. The number of ether oxygens (including phenoxy) is 1. The summed E-state index contributed by atoms with van der Waals surface area (Å²) in [6.45, 7) is 23.1. The van der Waals surface area contributed by atoms with Crippen molar-refractivity contribution in [3.05, 3.63) is 193 Å². The molecule has 0 fully saturated rings. The summed E-state index contributed by atoms with van der Waals surface area (Å²) in [4.78, 5) is 27.2. The summed E-state index contributed by atoms with van der Waals surface area (Å²) in [6, 6.07) is 34.0. The molecule has 0 saturated carbocycles. The number of aromatic carboxylic acids is 1. The van der Waals surface area contributed by atoms with Crippen molar-refractivity contribution in [3.63, 3.8) is 0 Å². The van der Waals surface area contributed by atoms with E-state index in [0.29, 0.717) is 23.2 Å². The van der Waals surface area contributed by atoms with Gasteiger partial charge in [-0.2, -0.15) is 0 Å². The number of carboxylic acid groups (broad SMARTS) is 1. The Bertz CT molecular complexity index is 3190. The molecule has 8 rings (SSSR count). The number of phenolic OH excluding ortho intramolecular Hbond substituents is 1. The lowest BCUT2D eigenvalue weighted by Gasteiger charge is -2.43. The molecule has 384 valence electrons. The van der Waals surface area contributed by atoms with E-state index in [2.05, 4.69) is 153 Å². The van der Waals surface area contributed by atoms with Gasteiger partial charge < -0.3 is 30.5 Å². The molecule has 0 spiro atoms. The molecule has 6 aromatic carbocycles. The van der Waals surface area contributed by atoms with Gasteiger partial charge in [0.25, 0.3) is 0 Å². The molecule has 74 heavy (non-hydrogen) atoms. The van der Waals surface area contributed by atoms with Crippen molar-refractivity contribution in [2.75, 3.05) is 11.9 Å². The number of hydrogen-bond donors (Lipinski definition) is 5. The number of benzene rings is 6. The number of nitrogens with one attached hydrogen (secondary N) is 1. The van der Waals surface area contributed by atoms with Crippen molar-refractivity contribution >= 4 is 35.5 Å². The summed E-state index contributed by atoms with van der Waals surface area (Å²) in [5.74, 6) is 3.80. The number of carboxylic acids is 1. The number of aryl methyl sites for hydroxylation is 2. The summed E-state index contributed by atoms with van der Waals surface area (Å²) in [6.07, 6.45) is 6.18. The van der Waals surface area contributed by atoms with Gasteiger partial charge in [-0.25, -0.2) is 9.59 Å². The summed E-state index contributed by atoms with van der Waals surface area (Å²) >= 11 is 1.80. The second-order valence-electron chi connectivity index (χ2n) is 23.1. The lowest BCUT2D eigenvalue weighted by atomic mass is 9.62. The van der Waals surface area contributed by atoms with E-state index >= 15 is 0 Å². The zero-order valence-electron chi connectivity index (χ0n) is 44.6. The van der Waals surface area contributed by atoms with E-state index in [9.17, 15) is 30.0 Å². The van der Waals surface area contributed by atoms with Crippen molar-refractivity contribution < 1.29 is 34.8 Å². The van der Waals surface area contributed by atoms with Gasteiger partial charge in [-0.1, -0.05) is 157 Å². The maximum atomic E-state index is 13.6. The van der Waals surface area contributed by atoms with E-state index in [4.69, 9.17) is 4.74 Å². The number of hydrogen-bond acceptors (Lipinski definition) is 8. The monoisotopic (exact) mass is 1010 g/mol. The molecular formula is C65H71NO7S. The lowest BCUT2D eigenvalue weighted by Crippen LogP contribution is -2.35. The summed E-state index contributed by atoms with van der Waals surface area (Å²) in [5.41, 5.74) is 12.4. The van der Waals surface area contributed by atoms with Crippen molar-refractivity contribution in [1.29, 1.82) is 0 Å². The molecule has 0 heterocycles. The highest BCUT2D eigenvalue weighted by atomic mass is 32.2. The zero-order chi connectivity index (χ0) is 53.3. The summed E-state index contributed by atoms with van der Waals surface area (Å²) in [7, 11) is 0. The van der Waals surface area contributed by atoms with Crippen LogP contribution in [0.25, 0.3) is 6.08 Å². The predicted molar refractivity (Wildman–Crippen MR) is 300 cm³/mol. The quantitative estimate of drug-likeness (QED) is 0.0313. The molecule has 6 aromatic rings. The van der Waals surface area contributed by atoms with Crippen LogP contribution < -0.4 is 10.1 Å². The van der Waals surface area contributed by atoms with Crippen LogP contribution in [0.5, 0.6) is 11.5 Å². The Hall–Kier alpha value is -6.57. The number of anilines is 1. The second kappa shape index (κ2) is 21.3. The molecular weight excluding hydrogens is 939 g/mol. The van der Waals surface area contributed by atoms with E-state index in [0.717, 1.165) is 54.0 Å². The fraction of sp³-hybridized carbons (Fsp3) is 0.354. The van der Waals surface area contributed by atoms with Crippen LogP contribution in [-0.2, 0) is 33.8 Å². The fourth-order valence-corrected chi connectivity index (χ4v) is 11.7. The first kappa shape index (κ1) is 53.7. The van der Waals surface area contributed by atoms with Crippen LogP contribution in [0.15, 0.2) is 120 Å². The van der Waals surface area contributed by atoms with Crippen LogP contribution in [0.2, 0.25) is 0 Å². The third-order valence-electron chi connectivity index (χ3n) is 15.3. The molecule has 0 aliphatic heterocycles. The van der Waals surface area contributed by atoms with Crippen molar-refractivity contribution in [2.24, 2.45) is 0 Å². The number of fused-ring (bicyclic) bond motifs is 2. The van der Waals surface area contributed by atoms with Gasteiger partial charge in [-0.3, -0.25) is 0 Å². The molecule has 5 N–H and O–H groups in total. The molecule has 9 heteroatoms. The van der Waals surface area contributed by atoms with Gasteiger partial charge in [0.2, 0.25) is 0 Å². The Morgan fingerprint density at radius 2 is 1.27 bits per heavy atom. The topological polar surface area (TPSA) is 136 Å². The van der Waals surface area contributed by atoms with Crippen molar-refractivity contribution in [3.8, 4) is 23.3 Å². The van der Waals surface area contributed by atoms with Crippen LogP contribution in [0.4, 0.5) is 5.69 Å². The maximum Gasteiger partial charge on any atom is 0.347 e. The van der Waals surface area contributed by atoms with Gasteiger partial charge in [0.05, 0.1) is 6.10 Å². The molecule has 2 unspecified atom stereocenters. The molecule has 0 saturated heterocycles. The number of thioether (sulfide) groups is 1. The molecule has 0 amide bonds. The Labute approximate surface area is 442 Å². The molecule has 0 radical (unpaired) electrons. The largest absolute Gasteiger partial charge is 0.507 e. The van der Waals surface area contributed by atoms with E-state index in [1.165, 1.54) is 74.8 Å². The highest BCUT2D eigenvalue weighted by Gasteiger charge is 2.41. The third-order valence-corrected chi connectivity index (χ3v) is 16.5. The number of phenols is 1. The van der Waals surface area contributed by atoms with E-state index in [-0.39, 0.29) is 44.3 Å². The SMILES string of the molecule is Cc1ccc(CCNc2cc(C(O)C#Cc3ccc(C(=O)O)c(OC(=O)c4ccc(C=CC(O)c5cc(SCc6ccc(C)cc6)c6c(c5)C(C)(C)CCC6(C)C)cc4O)c3)cc3c2C(C)(C)CCC3(C)C)cc1. The minimum absolute atomic E-state index is 0.0275. The molecule has 0 aromatic heterocycles. The van der Waals surface area contributed by atoms with Crippen LogP contribution in [0.1, 0.15) is 181 Å². The Morgan fingerprint density at radius 1 is 0.689 bits per heavy atom. The Morgan fingerprint density at radius 3 is 1.91 bits per heavy atom. The standard InChI is InChI=1S/C65H71NO7S/c1-40-11-15-42(16-12-40)27-32-66-52-37-46(35-50-58(52)64(7,8)30-28-62(50,3)4)53(67)26-22-44-20-24-49(60(70)71)56(34-44)73-61(72)48-23-19-43(33-55(48)69)21-25-54(68)47-36-51-59(65(9,10)31-29-63(51,5)6)57(38-47)74-39-45-17-13-41(2)14-18-45/h11-21,23-25,33-38,53-54,66-69H,27-32,39H2,1-10H3,(H,70,71). The smallest absolute Gasteiger partial charge is 0.347 e. The summed E-state index contributed by atoms with van der Waals surface area (Å²) in [5, 5.41) is 48.2. The van der Waals surface area contributed by atoms with Crippen molar-refractivity contribution in [2.45, 2.75) is 146 Å². The van der Waals surface area contributed by atoms with Crippen LogP contribution >= 0.6 is 11.8 Å². The zero-order valence-corrected chi connectivity index (χ0v) is 45.4. The molecule has 2 atom stereocenters. The Kier molecular flexibility index (Phi) is 15.5. The summed E-state index contributed by atoms with van der Waals surface area (Å²) < 4.78 is 5.66. The predicted octanol–water partition coefficient (Wildman–Crippen LogP) is 14.4. The van der Waals surface area contributed by atoms with Crippen LogP contribution in [0, 0.1) is 25.7 Å². The van der Waals surface area contributed by atoms with Crippen molar-refractivity contribution in [1.82, 2.24) is 0 Å². The number of aliphatic hydroxyl groups excluding tert-OH is 2. The minimum Gasteiger partial charge on any atom is -0.507 e. The average molecular weight is 1010 g/mol. The number of carbonyl (C=O) groups is 2. The van der Waals surface area contributed by atoms with E-state index in [1.807, 2.05) is 6.07 Å². The van der Waals surface area contributed by atoms with Gasteiger partial charge >= 0.3 is 11.9 Å². The normalized spacial score (nSPS) is 16.8. The van der Waals surface area contributed by atoms with Gasteiger partial charge in [0, 0.05) is 28.4 Å². The van der Waals surface area contributed by atoms with E-state index in [1.54, 1.807) is 30.0 Å². The van der Waals surface area contributed by atoms with Gasteiger partial charge in [-0.05, 0) is 160 Å². The average Bonchev–Trinajstić information content (AvgIpc) is 3.35. The van der Waals surface area contributed by atoms with Gasteiger partial charge in [0.1, 0.15) is 28.7 Å². The highest BCUT2D eigenvalue weighted by molar-refractivity contribution is 7.98. The number of esters is 1. The molecule has 2 aliphatic rings. The minimum atomic E-state index is -1.32. The first-order valence-corrected chi connectivity index (χ1v) is 26.7. The fourth-order valence-electron chi connectivity index (χ4n) is 10.5. The lowest BCUT2D eigenvalue weighted by molar-refractivity contribution is 0.0680. The number of aliphatic hydroxyl groups is 2. The number of rotatable bonds is 14. The van der Waals surface area contributed by atoms with Gasteiger partial charge in [0.15, 0.2) is 0 Å². The first-order chi connectivity index (χ1) is 34.9. The third kappa shape index (κ3) is 12.0. The first-order valence-electron chi connectivity index (χ1n) is 25.7. The Balaban J connectivity index is 0.997. The van der Waals surface area contributed by atoms with E-state index < -0.39 is 24.1 Å². The molecule has 2 aliphatic carbocycles. The van der Waals surface area contributed by atoms with Crippen LogP contribution in [-0.4, -0.2) is 38.9 Å². The number of aromatic hydroxyl groups is 1. The second-order valence-corrected chi connectivity index (χ2v) is 24.1. The van der Waals surface area contributed by atoms with Crippen LogP contribution in [0.3, 0.4) is 0 Å².